The second kappa shape index (κ2) is 7.26. The summed E-state index contributed by atoms with van der Waals surface area (Å²) in [5, 5.41) is 6.21. The maximum absolute atomic E-state index is 11.4. The Hall–Kier alpha value is -0.590. The van der Waals surface area contributed by atoms with Crippen LogP contribution in [0.4, 0.5) is 5.13 Å². The van der Waals surface area contributed by atoms with E-state index in [0.29, 0.717) is 6.54 Å². The topological polar surface area (TPSA) is 45.2 Å². The molecule has 0 unspecified atom stereocenters. The highest BCUT2D eigenvalue weighted by atomic mass is 32.2. The summed E-state index contributed by atoms with van der Waals surface area (Å²) in [4.78, 5) is 17.6. The second-order valence-corrected chi connectivity index (χ2v) is 7.30. The third-order valence-corrected chi connectivity index (χ3v) is 5.04. The van der Waals surface area contributed by atoms with Crippen LogP contribution in [-0.4, -0.2) is 35.0 Å². The Morgan fingerprint density at radius 2 is 2.26 bits per heavy atom. The number of nitrogens with zero attached hydrogens (tertiary/aromatic N) is 2. The fourth-order valence-corrected chi connectivity index (χ4v) is 2.74. The summed E-state index contributed by atoms with van der Waals surface area (Å²) in [5.41, 5.74) is 0.997. The summed E-state index contributed by atoms with van der Waals surface area (Å²) in [6.45, 7) is 10.3. The van der Waals surface area contributed by atoms with E-state index in [1.807, 2.05) is 24.1 Å². The van der Waals surface area contributed by atoms with E-state index < -0.39 is 0 Å². The predicted octanol–water partition coefficient (Wildman–Crippen LogP) is 2.75. The van der Waals surface area contributed by atoms with Crippen LogP contribution >= 0.6 is 23.1 Å². The number of aromatic nitrogens is 1. The minimum atomic E-state index is 0.0416. The Balaban J connectivity index is 2.54. The number of anilines is 1. The van der Waals surface area contributed by atoms with Crippen molar-refractivity contribution >= 4 is 34.1 Å². The molecule has 1 heterocycles. The van der Waals surface area contributed by atoms with Crippen LogP contribution in [0.1, 0.15) is 33.4 Å². The summed E-state index contributed by atoms with van der Waals surface area (Å²) >= 11 is 3.37. The molecule has 1 rings (SSSR count). The zero-order chi connectivity index (χ0) is 14.5. The molecule has 0 radical (unpaired) electrons. The highest BCUT2D eigenvalue weighted by Crippen LogP contribution is 2.22. The Morgan fingerprint density at radius 3 is 2.79 bits per heavy atom. The van der Waals surface area contributed by atoms with Gasteiger partial charge in [0.05, 0.1) is 5.69 Å². The van der Waals surface area contributed by atoms with Gasteiger partial charge in [-0.15, -0.1) is 11.3 Å². The van der Waals surface area contributed by atoms with Gasteiger partial charge < -0.3 is 5.32 Å². The number of amides is 1. The molecule has 6 heteroatoms. The zero-order valence-corrected chi connectivity index (χ0v) is 14.0. The van der Waals surface area contributed by atoms with Crippen molar-refractivity contribution in [3.63, 3.8) is 0 Å². The molecule has 19 heavy (non-hydrogen) atoms. The molecule has 0 aliphatic heterocycles. The van der Waals surface area contributed by atoms with E-state index in [9.17, 15) is 4.79 Å². The molecule has 4 nitrogen and oxygen atoms in total. The molecular formula is C13H23N3OS2. The van der Waals surface area contributed by atoms with E-state index in [-0.39, 0.29) is 10.7 Å². The number of rotatable bonds is 7. The average Bonchev–Trinajstić information content (AvgIpc) is 2.78. The maximum atomic E-state index is 11.4. The highest BCUT2D eigenvalue weighted by Gasteiger charge is 2.16. The molecule has 0 aliphatic rings. The van der Waals surface area contributed by atoms with Crippen molar-refractivity contribution in [2.45, 2.75) is 39.0 Å². The summed E-state index contributed by atoms with van der Waals surface area (Å²) in [7, 11) is 0. The molecule has 0 spiro atoms. The summed E-state index contributed by atoms with van der Waals surface area (Å²) < 4.78 is 0.230. The number of hydrogen-bond acceptors (Lipinski definition) is 5. The van der Waals surface area contributed by atoms with Crippen molar-refractivity contribution in [2.75, 3.05) is 24.2 Å². The number of nitrogens with one attached hydrogen (secondary N) is 1. The number of thioether (sulfide) groups is 1. The maximum Gasteiger partial charge on any atom is 0.225 e. The van der Waals surface area contributed by atoms with E-state index in [1.54, 1.807) is 11.8 Å². The van der Waals surface area contributed by atoms with Crippen molar-refractivity contribution in [1.82, 2.24) is 10.3 Å². The molecule has 1 N–H and O–H groups in total. The molecule has 0 atom stereocenters. The van der Waals surface area contributed by atoms with Crippen molar-refractivity contribution < 1.29 is 4.79 Å². The van der Waals surface area contributed by atoms with Crippen LogP contribution in [-0.2, 0) is 11.3 Å². The molecule has 0 saturated carbocycles. The van der Waals surface area contributed by atoms with Gasteiger partial charge in [0.15, 0.2) is 5.13 Å². The number of hydrogen-bond donors (Lipinski definition) is 1. The predicted molar refractivity (Wildman–Crippen MR) is 85.1 cm³/mol. The monoisotopic (exact) mass is 301 g/mol. The first-order valence-corrected chi connectivity index (χ1v) is 8.48. The van der Waals surface area contributed by atoms with E-state index in [2.05, 4.69) is 30.4 Å². The van der Waals surface area contributed by atoms with Crippen LogP contribution in [0.5, 0.6) is 0 Å². The average molecular weight is 301 g/mol. The third kappa shape index (κ3) is 5.12. The molecular weight excluding hydrogens is 278 g/mol. The summed E-state index contributed by atoms with van der Waals surface area (Å²) in [6.07, 6.45) is 2.12. The molecule has 0 fully saturated rings. The van der Waals surface area contributed by atoms with Gasteiger partial charge in [-0.05, 0) is 27.0 Å². The van der Waals surface area contributed by atoms with Crippen molar-refractivity contribution in [2.24, 2.45) is 0 Å². The fraction of sp³-hybridized carbons (Fsp3) is 0.692. The summed E-state index contributed by atoms with van der Waals surface area (Å²) in [5.74, 6) is 0.0416. The quantitative estimate of drug-likeness (QED) is 0.841. The van der Waals surface area contributed by atoms with Crippen LogP contribution in [0.25, 0.3) is 0 Å². The van der Waals surface area contributed by atoms with Crippen LogP contribution in [0.3, 0.4) is 0 Å². The van der Waals surface area contributed by atoms with Gasteiger partial charge in [0.2, 0.25) is 5.91 Å². The van der Waals surface area contributed by atoms with Crippen LogP contribution < -0.4 is 10.2 Å². The molecule has 1 amide bonds. The van der Waals surface area contributed by atoms with E-state index in [4.69, 9.17) is 0 Å². The smallest absolute Gasteiger partial charge is 0.225 e. The highest BCUT2D eigenvalue weighted by molar-refractivity contribution is 7.99. The Bertz CT molecular complexity index is 418. The molecule has 108 valence electrons. The Kier molecular flexibility index (Phi) is 6.29. The number of carbonyl (C=O) groups is 1. The van der Waals surface area contributed by atoms with Crippen molar-refractivity contribution in [3.8, 4) is 0 Å². The molecule has 1 aromatic heterocycles. The Morgan fingerprint density at radius 1 is 1.58 bits per heavy atom. The van der Waals surface area contributed by atoms with Gasteiger partial charge in [0.1, 0.15) is 0 Å². The van der Waals surface area contributed by atoms with Crippen molar-refractivity contribution in [1.29, 1.82) is 0 Å². The van der Waals surface area contributed by atoms with Crippen LogP contribution in [0, 0.1) is 0 Å². The minimum absolute atomic E-state index is 0.0416. The summed E-state index contributed by atoms with van der Waals surface area (Å²) in [6, 6.07) is 0. The first-order valence-electron chi connectivity index (χ1n) is 6.38. The molecule has 0 bridgehead atoms. The first kappa shape index (κ1) is 16.5. The van der Waals surface area contributed by atoms with Gasteiger partial charge in [0.25, 0.3) is 0 Å². The fourth-order valence-electron chi connectivity index (χ4n) is 1.56. The number of thiazole rings is 1. The van der Waals surface area contributed by atoms with Gasteiger partial charge in [-0.3, -0.25) is 9.69 Å². The van der Waals surface area contributed by atoms with E-state index >= 15 is 0 Å². The normalized spacial score (nSPS) is 11.6. The molecule has 0 aromatic carbocycles. The molecule has 0 saturated heterocycles. The lowest BCUT2D eigenvalue weighted by atomic mass is 10.2. The van der Waals surface area contributed by atoms with Gasteiger partial charge >= 0.3 is 0 Å². The lowest BCUT2D eigenvalue weighted by molar-refractivity contribution is -0.116. The largest absolute Gasteiger partial charge is 0.310 e. The van der Waals surface area contributed by atoms with Gasteiger partial charge in [-0.2, -0.15) is 11.8 Å². The number of carbonyl (C=O) groups excluding carboxylic acids is 1. The molecule has 1 aromatic rings. The standard InChI is InChI=1S/C13H23N3OS2/c1-6-16(10(2)17)12-15-11(8-19-12)7-14-9-13(3,4)18-5/h8,14H,6-7,9H2,1-5H3. The van der Waals surface area contributed by atoms with Crippen LogP contribution in [0.15, 0.2) is 5.38 Å². The second-order valence-electron chi connectivity index (χ2n) is 4.95. The van der Waals surface area contributed by atoms with Gasteiger partial charge in [-0.1, -0.05) is 0 Å². The lowest BCUT2D eigenvalue weighted by Crippen LogP contribution is -2.31. The van der Waals surface area contributed by atoms with Crippen molar-refractivity contribution in [3.05, 3.63) is 11.1 Å². The van der Waals surface area contributed by atoms with Gasteiger partial charge in [0, 0.05) is 36.7 Å². The molecule has 0 aliphatic carbocycles. The minimum Gasteiger partial charge on any atom is -0.310 e. The zero-order valence-electron chi connectivity index (χ0n) is 12.3. The van der Waals surface area contributed by atoms with Gasteiger partial charge in [-0.25, -0.2) is 4.98 Å². The Labute approximate surface area is 124 Å². The van der Waals surface area contributed by atoms with E-state index in [0.717, 1.165) is 23.9 Å². The SMILES string of the molecule is CCN(C(C)=O)c1nc(CNCC(C)(C)SC)cs1. The van der Waals surface area contributed by atoms with E-state index in [1.165, 1.54) is 11.3 Å². The lowest BCUT2D eigenvalue weighted by Gasteiger charge is -2.22. The third-order valence-electron chi connectivity index (χ3n) is 2.88. The first-order chi connectivity index (χ1) is 8.89. The van der Waals surface area contributed by atoms with Crippen LogP contribution in [0.2, 0.25) is 0 Å².